The first-order valence-electron chi connectivity index (χ1n) is 8.71. The molecule has 0 radical (unpaired) electrons. The van der Waals surface area contributed by atoms with E-state index in [1.807, 2.05) is 6.07 Å². The quantitative estimate of drug-likeness (QED) is 0.780. The highest BCUT2D eigenvalue weighted by Gasteiger charge is 2.25. The second-order valence-corrected chi connectivity index (χ2v) is 8.29. The molecule has 0 aromatic carbocycles. The van der Waals surface area contributed by atoms with Gasteiger partial charge in [0.1, 0.15) is 0 Å². The highest BCUT2D eigenvalue weighted by molar-refractivity contribution is 7.16. The molecule has 1 fully saturated rings. The lowest BCUT2D eigenvalue weighted by Gasteiger charge is -2.35. The van der Waals surface area contributed by atoms with Crippen LogP contribution >= 0.6 is 22.9 Å². The molecule has 2 aliphatic rings. The Labute approximate surface area is 152 Å². The van der Waals surface area contributed by atoms with Crippen molar-refractivity contribution in [1.29, 1.82) is 0 Å². The fourth-order valence-corrected chi connectivity index (χ4v) is 4.40. The molecular weight excluding hydrogens is 344 g/mol. The van der Waals surface area contributed by atoms with E-state index in [0.29, 0.717) is 19.6 Å². The summed E-state index contributed by atoms with van der Waals surface area (Å²) in [4.78, 5) is 15.9. The number of nitrogens with one attached hydrogen (secondary N) is 1. The summed E-state index contributed by atoms with van der Waals surface area (Å²) < 4.78 is 6.41. The third-order valence-corrected chi connectivity index (χ3v) is 5.87. The van der Waals surface area contributed by atoms with Gasteiger partial charge in [-0.05, 0) is 37.8 Å². The number of rotatable bonds is 6. The fourth-order valence-electron chi connectivity index (χ4n) is 3.29. The number of hydrogen-bond acceptors (Lipinski definition) is 4. The molecule has 0 unspecified atom stereocenters. The Morgan fingerprint density at radius 2 is 2.33 bits per heavy atom. The predicted octanol–water partition coefficient (Wildman–Crippen LogP) is 3.61. The van der Waals surface area contributed by atoms with Gasteiger partial charge in [-0.25, -0.2) is 0 Å². The van der Waals surface area contributed by atoms with Crippen LogP contribution in [-0.2, 0) is 16.1 Å². The standard InChI is InChI=1S/C18H25ClN2O2S/c19-17-7-6-16(24-17)12-21-8-9-23-13-15(21)10-18(22)20-11-14-4-2-1-3-5-14/h4,6-7,15H,1-3,5,8-13H2,(H,20,22)/t15-/m1/s1. The van der Waals surface area contributed by atoms with Gasteiger partial charge < -0.3 is 10.1 Å². The van der Waals surface area contributed by atoms with E-state index in [1.54, 1.807) is 11.3 Å². The first-order chi connectivity index (χ1) is 11.7. The van der Waals surface area contributed by atoms with E-state index in [-0.39, 0.29) is 11.9 Å². The molecule has 1 aliphatic carbocycles. The minimum atomic E-state index is 0.117. The summed E-state index contributed by atoms with van der Waals surface area (Å²) in [6, 6.07) is 4.14. The number of carbonyl (C=O) groups excluding carboxylic acids is 1. The van der Waals surface area contributed by atoms with Crippen molar-refractivity contribution in [3.8, 4) is 0 Å². The Hall–Kier alpha value is -0.880. The van der Waals surface area contributed by atoms with Crippen molar-refractivity contribution in [2.45, 2.75) is 44.7 Å². The Bertz CT molecular complexity index is 587. The molecule has 2 heterocycles. The summed E-state index contributed by atoms with van der Waals surface area (Å²) in [5.74, 6) is 0.117. The van der Waals surface area contributed by atoms with Crippen LogP contribution in [0.1, 0.15) is 37.0 Å². The van der Waals surface area contributed by atoms with Crippen molar-refractivity contribution < 1.29 is 9.53 Å². The predicted molar refractivity (Wildman–Crippen MR) is 98.5 cm³/mol. The van der Waals surface area contributed by atoms with Crippen LogP contribution in [0.2, 0.25) is 4.34 Å². The summed E-state index contributed by atoms with van der Waals surface area (Å²) in [7, 11) is 0. The Morgan fingerprint density at radius 1 is 1.42 bits per heavy atom. The molecule has 1 N–H and O–H groups in total. The monoisotopic (exact) mass is 368 g/mol. The number of thiophene rings is 1. The summed E-state index contributed by atoms with van der Waals surface area (Å²) in [5.41, 5.74) is 1.37. The molecule has 6 heteroatoms. The van der Waals surface area contributed by atoms with Crippen LogP contribution in [0.4, 0.5) is 0 Å². The van der Waals surface area contributed by atoms with Crippen LogP contribution in [0.15, 0.2) is 23.8 Å². The van der Waals surface area contributed by atoms with Crippen LogP contribution < -0.4 is 5.32 Å². The second kappa shape index (κ2) is 8.99. The normalized spacial score (nSPS) is 22.2. The van der Waals surface area contributed by atoms with Crippen LogP contribution in [0.3, 0.4) is 0 Å². The zero-order valence-corrected chi connectivity index (χ0v) is 15.5. The zero-order chi connectivity index (χ0) is 16.8. The summed E-state index contributed by atoms with van der Waals surface area (Å²) >= 11 is 7.63. The maximum Gasteiger partial charge on any atom is 0.221 e. The van der Waals surface area contributed by atoms with E-state index in [0.717, 1.165) is 36.9 Å². The van der Waals surface area contributed by atoms with Crippen LogP contribution in [0.25, 0.3) is 0 Å². The Morgan fingerprint density at radius 3 is 3.08 bits per heavy atom. The molecule has 3 rings (SSSR count). The van der Waals surface area contributed by atoms with Gasteiger partial charge in [-0.3, -0.25) is 9.69 Å². The number of carbonyl (C=O) groups is 1. The second-order valence-electron chi connectivity index (χ2n) is 6.49. The largest absolute Gasteiger partial charge is 0.378 e. The molecule has 0 spiro atoms. The lowest BCUT2D eigenvalue weighted by Crippen LogP contribution is -2.47. The first-order valence-corrected chi connectivity index (χ1v) is 9.91. The van der Waals surface area contributed by atoms with E-state index < -0.39 is 0 Å². The molecule has 1 aromatic rings. The van der Waals surface area contributed by atoms with Crippen molar-refractivity contribution in [1.82, 2.24) is 10.2 Å². The Balaban J connectivity index is 1.49. The third-order valence-electron chi connectivity index (χ3n) is 4.66. The molecule has 1 aromatic heterocycles. The highest BCUT2D eigenvalue weighted by atomic mass is 35.5. The molecule has 4 nitrogen and oxygen atoms in total. The van der Waals surface area contributed by atoms with Crippen LogP contribution in [-0.4, -0.2) is 43.2 Å². The summed E-state index contributed by atoms with van der Waals surface area (Å²) in [6.07, 6.45) is 7.57. The molecule has 1 aliphatic heterocycles. The number of hydrogen-bond donors (Lipinski definition) is 1. The minimum Gasteiger partial charge on any atom is -0.378 e. The van der Waals surface area contributed by atoms with Gasteiger partial charge in [0.15, 0.2) is 0 Å². The molecule has 1 amide bonds. The topological polar surface area (TPSA) is 41.6 Å². The van der Waals surface area contributed by atoms with E-state index in [1.165, 1.54) is 23.3 Å². The van der Waals surface area contributed by atoms with Gasteiger partial charge in [-0.2, -0.15) is 0 Å². The highest BCUT2D eigenvalue weighted by Crippen LogP contribution is 2.24. The van der Waals surface area contributed by atoms with Crippen molar-refractivity contribution >= 4 is 28.8 Å². The smallest absolute Gasteiger partial charge is 0.221 e. The van der Waals surface area contributed by atoms with Crippen molar-refractivity contribution in [2.75, 3.05) is 26.3 Å². The number of nitrogens with zero attached hydrogens (tertiary/aromatic N) is 1. The van der Waals surface area contributed by atoms with Gasteiger partial charge in [0.2, 0.25) is 5.91 Å². The lowest BCUT2D eigenvalue weighted by molar-refractivity contribution is -0.124. The minimum absolute atomic E-state index is 0.117. The summed E-state index contributed by atoms with van der Waals surface area (Å²) in [5, 5.41) is 3.08. The van der Waals surface area contributed by atoms with Gasteiger partial charge in [0.05, 0.1) is 17.6 Å². The van der Waals surface area contributed by atoms with Gasteiger partial charge in [-0.15, -0.1) is 11.3 Å². The van der Waals surface area contributed by atoms with Gasteiger partial charge >= 0.3 is 0 Å². The maximum atomic E-state index is 12.3. The van der Waals surface area contributed by atoms with E-state index in [2.05, 4.69) is 22.4 Å². The SMILES string of the molecule is O=C(C[C@@H]1COCCN1Cc1ccc(Cl)s1)NCC1=CCCCC1. The average molecular weight is 369 g/mol. The fraction of sp³-hybridized carbons (Fsp3) is 0.611. The molecule has 0 bridgehead atoms. The molecule has 1 saturated heterocycles. The molecular formula is C18H25ClN2O2S. The van der Waals surface area contributed by atoms with E-state index in [9.17, 15) is 4.79 Å². The third kappa shape index (κ3) is 5.31. The number of halogens is 1. The van der Waals surface area contributed by atoms with E-state index >= 15 is 0 Å². The summed E-state index contributed by atoms with van der Waals surface area (Å²) in [6.45, 7) is 3.74. The lowest BCUT2D eigenvalue weighted by atomic mass is 9.99. The van der Waals surface area contributed by atoms with Crippen molar-refractivity contribution in [3.63, 3.8) is 0 Å². The molecule has 24 heavy (non-hydrogen) atoms. The van der Waals surface area contributed by atoms with Crippen LogP contribution in [0, 0.1) is 0 Å². The number of amides is 1. The van der Waals surface area contributed by atoms with Crippen molar-refractivity contribution in [3.05, 3.63) is 33.0 Å². The van der Waals surface area contributed by atoms with Crippen molar-refractivity contribution in [2.24, 2.45) is 0 Å². The number of allylic oxidation sites excluding steroid dienone is 1. The Kier molecular flexibility index (Phi) is 6.72. The molecule has 132 valence electrons. The van der Waals surface area contributed by atoms with Gasteiger partial charge in [-0.1, -0.05) is 23.3 Å². The molecule has 1 atom stereocenters. The van der Waals surface area contributed by atoms with E-state index in [4.69, 9.17) is 16.3 Å². The zero-order valence-electron chi connectivity index (χ0n) is 13.9. The molecule has 0 saturated carbocycles. The van der Waals surface area contributed by atoms with Gasteiger partial charge in [0, 0.05) is 37.0 Å². The van der Waals surface area contributed by atoms with Crippen LogP contribution in [0.5, 0.6) is 0 Å². The number of morpholine rings is 1. The maximum absolute atomic E-state index is 12.3. The average Bonchev–Trinajstić information content (AvgIpc) is 3.01. The van der Waals surface area contributed by atoms with Gasteiger partial charge in [0.25, 0.3) is 0 Å². The first kappa shape index (κ1) is 17.9. The number of ether oxygens (including phenoxy) is 1.